The van der Waals surface area contributed by atoms with Crippen molar-refractivity contribution >= 4 is 17.4 Å². The molecule has 2 aromatic carbocycles. The standard InChI is InChI=1S/C19H23N3O2/c1-2-16-10-6-7-11-17(16)21-19(23)14-24-22-18(20)13-12-15-8-4-3-5-9-15/h3-11H,2,12-14H2,1H3,(H2,20,22)(H,21,23). The number of oxime groups is 1. The monoisotopic (exact) mass is 325 g/mol. The molecule has 0 aliphatic heterocycles. The van der Waals surface area contributed by atoms with E-state index in [9.17, 15) is 4.79 Å². The number of para-hydroxylation sites is 1. The zero-order chi connectivity index (χ0) is 17.2. The molecule has 0 aliphatic carbocycles. The molecule has 0 unspecified atom stereocenters. The van der Waals surface area contributed by atoms with Gasteiger partial charge in [0.25, 0.3) is 5.91 Å². The summed E-state index contributed by atoms with van der Waals surface area (Å²) in [4.78, 5) is 16.9. The van der Waals surface area contributed by atoms with E-state index in [4.69, 9.17) is 10.6 Å². The fraction of sp³-hybridized carbons (Fsp3) is 0.263. The van der Waals surface area contributed by atoms with Crippen LogP contribution in [0.4, 0.5) is 5.69 Å². The third-order valence-corrected chi connectivity index (χ3v) is 3.56. The zero-order valence-corrected chi connectivity index (χ0v) is 13.9. The molecule has 5 nitrogen and oxygen atoms in total. The van der Waals surface area contributed by atoms with Gasteiger partial charge < -0.3 is 15.9 Å². The van der Waals surface area contributed by atoms with E-state index in [1.165, 1.54) is 5.56 Å². The lowest BCUT2D eigenvalue weighted by Crippen LogP contribution is -2.19. The van der Waals surface area contributed by atoms with Gasteiger partial charge in [-0.1, -0.05) is 60.6 Å². The van der Waals surface area contributed by atoms with Crippen LogP contribution in [0.1, 0.15) is 24.5 Å². The van der Waals surface area contributed by atoms with E-state index in [1.54, 1.807) is 0 Å². The lowest BCUT2D eigenvalue weighted by atomic mass is 10.1. The van der Waals surface area contributed by atoms with Crippen LogP contribution >= 0.6 is 0 Å². The van der Waals surface area contributed by atoms with Crippen molar-refractivity contribution in [1.29, 1.82) is 0 Å². The highest BCUT2D eigenvalue weighted by molar-refractivity contribution is 5.92. The molecule has 0 aromatic heterocycles. The van der Waals surface area contributed by atoms with E-state index in [0.717, 1.165) is 24.1 Å². The van der Waals surface area contributed by atoms with E-state index >= 15 is 0 Å². The first-order valence-corrected chi connectivity index (χ1v) is 8.05. The van der Waals surface area contributed by atoms with Gasteiger partial charge in [0.05, 0.1) is 0 Å². The van der Waals surface area contributed by atoms with Crippen LogP contribution in [0.2, 0.25) is 0 Å². The van der Waals surface area contributed by atoms with E-state index < -0.39 is 0 Å². The molecule has 0 spiro atoms. The van der Waals surface area contributed by atoms with Gasteiger partial charge in [-0.3, -0.25) is 4.79 Å². The molecule has 0 heterocycles. The van der Waals surface area contributed by atoms with E-state index in [-0.39, 0.29) is 12.5 Å². The SMILES string of the molecule is CCc1ccccc1NC(=O)CO/N=C(\N)CCc1ccccc1. The average Bonchev–Trinajstić information content (AvgIpc) is 2.61. The first-order chi connectivity index (χ1) is 11.7. The highest BCUT2D eigenvalue weighted by atomic mass is 16.6. The molecule has 2 aromatic rings. The van der Waals surface area contributed by atoms with Crippen LogP contribution in [0.3, 0.4) is 0 Å². The summed E-state index contributed by atoms with van der Waals surface area (Å²) < 4.78 is 0. The number of anilines is 1. The van der Waals surface area contributed by atoms with Crippen molar-refractivity contribution in [2.75, 3.05) is 11.9 Å². The minimum atomic E-state index is -0.254. The van der Waals surface area contributed by atoms with Crippen molar-refractivity contribution in [3.05, 3.63) is 65.7 Å². The molecule has 126 valence electrons. The number of nitrogens with zero attached hydrogens (tertiary/aromatic N) is 1. The summed E-state index contributed by atoms with van der Waals surface area (Å²) >= 11 is 0. The van der Waals surface area contributed by atoms with Crippen LogP contribution in [0.5, 0.6) is 0 Å². The number of carbonyl (C=O) groups is 1. The molecule has 0 saturated heterocycles. The largest absolute Gasteiger partial charge is 0.384 e. The van der Waals surface area contributed by atoms with Crippen molar-refractivity contribution < 1.29 is 9.63 Å². The van der Waals surface area contributed by atoms with Crippen LogP contribution in [0, 0.1) is 0 Å². The second kappa shape index (κ2) is 9.35. The van der Waals surface area contributed by atoms with Gasteiger partial charge in [0.1, 0.15) is 5.84 Å². The van der Waals surface area contributed by atoms with Crippen molar-refractivity contribution in [2.24, 2.45) is 10.9 Å². The first-order valence-electron chi connectivity index (χ1n) is 8.05. The molecule has 24 heavy (non-hydrogen) atoms. The van der Waals surface area contributed by atoms with E-state index in [2.05, 4.69) is 10.5 Å². The highest BCUT2D eigenvalue weighted by Gasteiger charge is 2.06. The van der Waals surface area contributed by atoms with Gasteiger partial charge >= 0.3 is 0 Å². The number of amidine groups is 1. The van der Waals surface area contributed by atoms with Gasteiger partial charge in [-0.2, -0.15) is 0 Å². The van der Waals surface area contributed by atoms with Crippen LogP contribution in [-0.4, -0.2) is 18.3 Å². The number of hydrogen-bond donors (Lipinski definition) is 2. The molecule has 3 N–H and O–H groups in total. The topological polar surface area (TPSA) is 76.7 Å². The zero-order valence-electron chi connectivity index (χ0n) is 13.9. The Kier molecular flexibility index (Phi) is 6.83. The van der Waals surface area contributed by atoms with Gasteiger partial charge in [-0.15, -0.1) is 0 Å². The quantitative estimate of drug-likeness (QED) is 0.445. The Morgan fingerprint density at radius 1 is 1.12 bits per heavy atom. The van der Waals surface area contributed by atoms with Crippen LogP contribution in [0.25, 0.3) is 0 Å². The predicted molar refractivity (Wildman–Crippen MR) is 96.8 cm³/mol. The fourth-order valence-electron chi connectivity index (χ4n) is 2.27. The Morgan fingerprint density at radius 2 is 1.83 bits per heavy atom. The Balaban J connectivity index is 1.75. The number of nitrogens with two attached hydrogens (primary N) is 1. The molecule has 0 bridgehead atoms. The third kappa shape index (κ3) is 5.76. The van der Waals surface area contributed by atoms with Crippen molar-refractivity contribution in [1.82, 2.24) is 0 Å². The van der Waals surface area contributed by atoms with Gasteiger partial charge in [0.2, 0.25) is 0 Å². The van der Waals surface area contributed by atoms with Crippen molar-refractivity contribution in [3.8, 4) is 0 Å². The summed E-state index contributed by atoms with van der Waals surface area (Å²) in [5.74, 6) is 0.121. The molecule has 0 aliphatic rings. The first kappa shape index (κ1) is 17.5. The number of rotatable bonds is 8. The number of benzene rings is 2. The van der Waals surface area contributed by atoms with Crippen LogP contribution in [0.15, 0.2) is 59.8 Å². The van der Waals surface area contributed by atoms with Crippen molar-refractivity contribution in [3.63, 3.8) is 0 Å². The lowest BCUT2D eigenvalue weighted by molar-refractivity contribution is -0.120. The Morgan fingerprint density at radius 3 is 2.58 bits per heavy atom. The molecule has 0 radical (unpaired) electrons. The van der Waals surface area contributed by atoms with Gasteiger partial charge in [-0.05, 0) is 30.0 Å². The summed E-state index contributed by atoms with van der Waals surface area (Å²) in [6.45, 7) is 1.88. The van der Waals surface area contributed by atoms with Crippen LogP contribution < -0.4 is 11.1 Å². The van der Waals surface area contributed by atoms with E-state index in [0.29, 0.717) is 12.3 Å². The maximum Gasteiger partial charge on any atom is 0.265 e. The maximum absolute atomic E-state index is 11.9. The summed E-state index contributed by atoms with van der Waals surface area (Å²) in [5.41, 5.74) is 8.86. The predicted octanol–water partition coefficient (Wildman–Crippen LogP) is 3.11. The average molecular weight is 325 g/mol. The fourth-order valence-corrected chi connectivity index (χ4v) is 2.27. The molecular weight excluding hydrogens is 302 g/mol. The minimum Gasteiger partial charge on any atom is -0.384 e. The number of amides is 1. The summed E-state index contributed by atoms with van der Waals surface area (Å²) in [7, 11) is 0. The molecule has 5 heteroatoms. The number of aryl methyl sites for hydroxylation is 2. The van der Waals surface area contributed by atoms with E-state index in [1.807, 2.05) is 61.5 Å². The summed E-state index contributed by atoms with van der Waals surface area (Å²) in [6, 6.07) is 17.7. The lowest BCUT2D eigenvalue weighted by Gasteiger charge is -2.09. The molecular formula is C19H23N3O2. The van der Waals surface area contributed by atoms with Crippen molar-refractivity contribution in [2.45, 2.75) is 26.2 Å². The maximum atomic E-state index is 11.9. The normalized spacial score (nSPS) is 11.1. The summed E-state index contributed by atoms with van der Waals surface area (Å²) in [6.07, 6.45) is 2.22. The highest BCUT2D eigenvalue weighted by Crippen LogP contribution is 2.15. The van der Waals surface area contributed by atoms with Gasteiger partial charge in [0.15, 0.2) is 6.61 Å². The number of hydrogen-bond acceptors (Lipinski definition) is 3. The second-order valence-electron chi connectivity index (χ2n) is 5.40. The van der Waals surface area contributed by atoms with Crippen LogP contribution in [-0.2, 0) is 22.5 Å². The van der Waals surface area contributed by atoms with Gasteiger partial charge in [0, 0.05) is 12.1 Å². The Hall–Kier alpha value is -2.82. The smallest absolute Gasteiger partial charge is 0.265 e. The Bertz CT molecular complexity index is 684. The summed E-state index contributed by atoms with van der Waals surface area (Å²) in [5, 5.41) is 6.62. The number of carbonyl (C=O) groups excluding carboxylic acids is 1. The molecule has 0 atom stereocenters. The van der Waals surface area contributed by atoms with Gasteiger partial charge in [-0.25, -0.2) is 0 Å². The molecule has 2 rings (SSSR count). The number of nitrogens with one attached hydrogen (secondary N) is 1. The third-order valence-electron chi connectivity index (χ3n) is 3.56. The molecule has 0 saturated carbocycles. The Labute approximate surface area is 142 Å². The molecule has 1 amide bonds. The second-order valence-corrected chi connectivity index (χ2v) is 5.40. The molecule has 0 fully saturated rings. The minimum absolute atomic E-state index is 0.163.